The molecule has 0 unspecified atom stereocenters. The minimum atomic E-state index is -0.138. The van der Waals surface area contributed by atoms with Crippen LogP contribution >= 0.6 is 11.6 Å². The Hall–Kier alpha value is -3.64. The Kier molecular flexibility index (Phi) is 7.83. The van der Waals surface area contributed by atoms with Crippen molar-refractivity contribution in [2.45, 2.75) is 39.3 Å². The molecule has 0 spiro atoms. The fourth-order valence-electron chi connectivity index (χ4n) is 4.17. The summed E-state index contributed by atoms with van der Waals surface area (Å²) in [5.41, 5.74) is 3.24. The molecule has 3 aromatic carbocycles. The zero-order chi connectivity index (χ0) is 24.8. The fourth-order valence-corrected chi connectivity index (χ4v) is 4.30. The van der Waals surface area contributed by atoms with E-state index in [4.69, 9.17) is 16.6 Å². The molecule has 0 aliphatic heterocycles. The topological polar surface area (TPSA) is 67.2 Å². The van der Waals surface area contributed by atoms with Crippen LogP contribution in [0.2, 0.25) is 5.02 Å². The van der Waals surface area contributed by atoms with Gasteiger partial charge in [0.05, 0.1) is 11.0 Å². The number of imidazole rings is 1. The van der Waals surface area contributed by atoms with E-state index in [0.717, 1.165) is 22.5 Å². The summed E-state index contributed by atoms with van der Waals surface area (Å²) in [6.07, 6.45) is 1.33. The number of amides is 2. The Balaban J connectivity index is 1.47. The van der Waals surface area contributed by atoms with Gasteiger partial charge in [-0.05, 0) is 68.8 Å². The smallest absolute Gasteiger partial charge is 0.251 e. The number of aryl methyl sites for hydroxylation is 1. The van der Waals surface area contributed by atoms with E-state index in [9.17, 15) is 9.59 Å². The van der Waals surface area contributed by atoms with Crippen LogP contribution in [0.4, 0.5) is 5.69 Å². The molecule has 1 heterocycles. The number of nitrogens with zero attached hydrogens (tertiary/aromatic N) is 3. The van der Waals surface area contributed by atoms with Crippen LogP contribution in [0.5, 0.6) is 0 Å². The van der Waals surface area contributed by atoms with Crippen molar-refractivity contribution in [2.75, 3.05) is 11.4 Å². The van der Waals surface area contributed by atoms with Gasteiger partial charge in [0.15, 0.2) is 0 Å². The second-order valence-electron chi connectivity index (χ2n) is 8.66. The summed E-state index contributed by atoms with van der Waals surface area (Å²) in [5, 5.41) is 3.54. The van der Waals surface area contributed by atoms with Crippen molar-refractivity contribution in [3.05, 3.63) is 95.3 Å². The molecule has 0 fully saturated rings. The van der Waals surface area contributed by atoms with E-state index < -0.39 is 0 Å². The minimum absolute atomic E-state index is 0.00615. The number of hydrogen-bond donors (Lipinski definition) is 1. The molecule has 0 bridgehead atoms. The van der Waals surface area contributed by atoms with Gasteiger partial charge in [0.2, 0.25) is 5.91 Å². The van der Waals surface area contributed by atoms with Crippen LogP contribution in [0, 0.1) is 0 Å². The lowest BCUT2D eigenvalue weighted by Crippen LogP contribution is -2.39. The first-order valence-corrected chi connectivity index (χ1v) is 12.2. The third-order valence-electron chi connectivity index (χ3n) is 5.82. The van der Waals surface area contributed by atoms with E-state index in [0.29, 0.717) is 30.0 Å². The highest BCUT2D eigenvalue weighted by Gasteiger charge is 2.21. The Labute approximate surface area is 210 Å². The molecule has 0 saturated heterocycles. The predicted octanol–water partition coefficient (Wildman–Crippen LogP) is 5.49. The molecular weight excluding hydrogens is 460 g/mol. The highest BCUT2D eigenvalue weighted by atomic mass is 35.5. The summed E-state index contributed by atoms with van der Waals surface area (Å²) in [5.74, 6) is 0.699. The van der Waals surface area contributed by atoms with Crippen molar-refractivity contribution in [1.82, 2.24) is 14.9 Å². The highest BCUT2D eigenvalue weighted by molar-refractivity contribution is 6.30. The molecule has 2 amide bonds. The number of hydrogen-bond acceptors (Lipinski definition) is 3. The summed E-state index contributed by atoms with van der Waals surface area (Å²) < 4.78 is 2.00. The summed E-state index contributed by atoms with van der Waals surface area (Å²) in [7, 11) is 0. The number of benzene rings is 3. The van der Waals surface area contributed by atoms with Crippen LogP contribution < -0.4 is 10.2 Å². The van der Waals surface area contributed by atoms with Crippen LogP contribution in [-0.2, 0) is 17.8 Å². The molecule has 0 atom stereocenters. The zero-order valence-electron chi connectivity index (χ0n) is 19.9. The lowest BCUT2D eigenvalue weighted by molar-refractivity contribution is -0.119. The van der Waals surface area contributed by atoms with Crippen molar-refractivity contribution in [3.8, 4) is 0 Å². The van der Waals surface area contributed by atoms with Crippen molar-refractivity contribution in [3.63, 3.8) is 0 Å². The van der Waals surface area contributed by atoms with Gasteiger partial charge in [-0.1, -0.05) is 41.9 Å². The Morgan fingerprint density at radius 2 is 1.66 bits per heavy atom. The fraction of sp³-hybridized carbons (Fsp3) is 0.250. The maximum Gasteiger partial charge on any atom is 0.251 e. The molecule has 6 nitrogen and oxygen atoms in total. The molecule has 0 aliphatic rings. The second-order valence-corrected chi connectivity index (χ2v) is 9.10. The summed E-state index contributed by atoms with van der Waals surface area (Å²) in [6.45, 7) is 4.73. The summed E-state index contributed by atoms with van der Waals surface area (Å²) in [4.78, 5) is 32.4. The molecule has 35 heavy (non-hydrogen) atoms. The van der Waals surface area contributed by atoms with Gasteiger partial charge in [-0.2, -0.15) is 0 Å². The number of anilines is 1. The molecule has 1 N–H and O–H groups in total. The zero-order valence-corrected chi connectivity index (χ0v) is 20.7. The second kappa shape index (κ2) is 11.2. The molecule has 4 rings (SSSR count). The average molecular weight is 489 g/mol. The summed E-state index contributed by atoms with van der Waals surface area (Å²) in [6, 6.07) is 24.4. The number of carbonyl (C=O) groups is 2. The Morgan fingerprint density at radius 3 is 2.37 bits per heavy atom. The molecule has 0 saturated carbocycles. The average Bonchev–Trinajstić information content (AvgIpc) is 3.20. The molecular formula is C28H29ClN4O2. The van der Waals surface area contributed by atoms with Gasteiger partial charge in [-0.15, -0.1) is 0 Å². The van der Waals surface area contributed by atoms with Gasteiger partial charge >= 0.3 is 0 Å². The largest absolute Gasteiger partial charge is 0.352 e. The number of halogens is 1. The third-order valence-corrected chi connectivity index (χ3v) is 6.07. The van der Waals surface area contributed by atoms with E-state index in [1.807, 2.05) is 77.9 Å². The van der Waals surface area contributed by atoms with Crippen LogP contribution in [0.25, 0.3) is 11.0 Å². The minimum Gasteiger partial charge on any atom is -0.352 e. The first-order valence-electron chi connectivity index (χ1n) is 11.8. The van der Waals surface area contributed by atoms with Gasteiger partial charge in [0.25, 0.3) is 5.91 Å². The predicted molar refractivity (Wildman–Crippen MR) is 141 cm³/mol. The normalized spacial score (nSPS) is 11.1. The van der Waals surface area contributed by atoms with Crippen LogP contribution in [-0.4, -0.2) is 34.0 Å². The SMILES string of the molecule is CC(C)N(C(=O)Cn1c(CCCNC(=O)c2ccc(Cl)cc2)nc2ccccc21)c1ccccc1. The molecule has 7 heteroatoms. The monoisotopic (exact) mass is 488 g/mol. The van der Waals surface area contributed by atoms with E-state index >= 15 is 0 Å². The standard InChI is InChI=1S/C28H29ClN4O2/c1-20(2)33(23-9-4-3-5-10-23)27(34)19-32-25-12-7-6-11-24(25)31-26(32)13-8-18-30-28(35)21-14-16-22(29)17-15-21/h3-7,9-12,14-17,20H,8,13,18-19H2,1-2H3,(H,30,35). The molecule has 1 aromatic heterocycles. The molecule has 180 valence electrons. The van der Waals surface area contributed by atoms with Crippen molar-refractivity contribution < 1.29 is 9.59 Å². The Bertz CT molecular complexity index is 1300. The van der Waals surface area contributed by atoms with E-state index in [1.54, 1.807) is 24.3 Å². The Morgan fingerprint density at radius 1 is 0.971 bits per heavy atom. The van der Waals surface area contributed by atoms with E-state index in [2.05, 4.69) is 5.32 Å². The van der Waals surface area contributed by atoms with Gasteiger partial charge in [0, 0.05) is 35.3 Å². The number of carbonyl (C=O) groups excluding carboxylic acids is 2. The van der Waals surface area contributed by atoms with Crippen molar-refractivity contribution in [2.24, 2.45) is 0 Å². The van der Waals surface area contributed by atoms with Crippen LogP contribution in [0.1, 0.15) is 36.5 Å². The number of para-hydroxylation sites is 3. The number of aromatic nitrogens is 2. The van der Waals surface area contributed by atoms with Gasteiger partial charge in [-0.3, -0.25) is 9.59 Å². The van der Waals surface area contributed by atoms with Gasteiger partial charge < -0.3 is 14.8 Å². The summed E-state index contributed by atoms with van der Waals surface area (Å²) >= 11 is 5.90. The molecule has 4 aromatic rings. The molecule has 0 radical (unpaired) electrons. The molecule has 0 aliphatic carbocycles. The quantitative estimate of drug-likeness (QED) is 0.316. The number of rotatable bonds is 9. The van der Waals surface area contributed by atoms with Crippen molar-refractivity contribution in [1.29, 1.82) is 0 Å². The first-order chi connectivity index (χ1) is 16.9. The highest BCUT2D eigenvalue weighted by Crippen LogP contribution is 2.21. The lowest BCUT2D eigenvalue weighted by atomic mass is 10.2. The van der Waals surface area contributed by atoms with E-state index in [-0.39, 0.29) is 24.4 Å². The van der Waals surface area contributed by atoms with Crippen molar-refractivity contribution >= 4 is 40.1 Å². The van der Waals surface area contributed by atoms with Gasteiger partial charge in [-0.25, -0.2) is 4.98 Å². The van der Waals surface area contributed by atoms with Gasteiger partial charge in [0.1, 0.15) is 12.4 Å². The maximum atomic E-state index is 13.5. The number of nitrogens with one attached hydrogen (secondary N) is 1. The van der Waals surface area contributed by atoms with Crippen LogP contribution in [0.3, 0.4) is 0 Å². The van der Waals surface area contributed by atoms with E-state index in [1.165, 1.54) is 0 Å². The maximum absolute atomic E-state index is 13.5. The first kappa shape index (κ1) is 24.5. The lowest BCUT2D eigenvalue weighted by Gasteiger charge is -2.27. The van der Waals surface area contributed by atoms with Crippen LogP contribution in [0.15, 0.2) is 78.9 Å². The third kappa shape index (κ3) is 5.89. The number of fused-ring (bicyclic) bond motifs is 1.